The Morgan fingerprint density at radius 3 is 2.29 bits per heavy atom. The average Bonchev–Trinajstić information content (AvgIpc) is 2.01. The Labute approximate surface area is 83.9 Å². The molecule has 0 unspecified atom stereocenters. The summed E-state index contributed by atoms with van der Waals surface area (Å²) in [6.07, 6.45) is 2.24. The molecule has 0 spiro atoms. The largest absolute Gasteiger partial charge is 0.501 e. The van der Waals surface area contributed by atoms with Gasteiger partial charge in [0.15, 0.2) is 0 Å². The van der Waals surface area contributed by atoms with Crippen LogP contribution in [-0.4, -0.2) is 24.0 Å². The van der Waals surface area contributed by atoms with E-state index in [4.69, 9.17) is 9.47 Å². The minimum absolute atomic E-state index is 0.456. The lowest BCUT2D eigenvalue weighted by Crippen LogP contribution is -2.28. The Hall–Kier alpha value is -1.32. The topological polar surface area (TPSA) is 52.6 Å². The molecule has 80 valence electrons. The molecule has 0 aliphatic carbocycles. The second kappa shape index (κ2) is 5.42. The van der Waals surface area contributed by atoms with E-state index in [0.717, 1.165) is 6.08 Å². The SMILES string of the molecule is CCO/C=C/C(=O)C(=O)OC(C)(C)C. The molecule has 14 heavy (non-hydrogen) atoms. The molecule has 0 aliphatic heterocycles. The summed E-state index contributed by atoms with van der Waals surface area (Å²) in [7, 11) is 0. The summed E-state index contributed by atoms with van der Waals surface area (Å²) in [5, 5.41) is 0. The molecular weight excluding hydrogens is 184 g/mol. The van der Waals surface area contributed by atoms with E-state index in [1.165, 1.54) is 6.26 Å². The van der Waals surface area contributed by atoms with Crippen LogP contribution in [-0.2, 0) is 19.1 Å². The van der Waals surface area contributed by atoms with Crippen molar-refractivity contribution in [2.45, 2.75) is 33.3 Å². The van der Waals surface area contributed by atoms with Gasteiger partial charge in [-0.25, -0.2) is 4.79 Å². The number of hydrogen-bond acceptors (Lipinski definition) is 4. The summed E-state index contributed by atoms with van der Waals surface area (Å²) in [6, 6.07) is 0. The molecule has 0 bridgehead atoms. The quantitative estimate of drug-likeness (QED) is 0.298. The van der Waals surface area contributed by atoms with Crippen molar-refractivity contribution >= 4 is 11.8 Å². The lowest BCUT2D eigenvalue weighted by Gasteiger charge is -2.17. The minimum atomic E-state index is -0.867. The van der Waals surface area contributed by atoms with Gasteiger partial charge < -0.3 is 9.47 Å². The lowest BCUT2D eigenvalue weighted by molar-refractivity contribution is -0.160. The Bertz CT molecular complexity index is 235. The van der Waals surface area contributed by atoms with Crippen molar-refractivity contribution in [3.8, 4) is 0 Å². The van der Waals surface area contributed by atoms with Gasteiger partial charge in [0.2, 0.25) is 0 Å². The highest BCUT2D eigenvalue weighted by Gasteiger charge is 2.20. The molecule has 0 radical (unpaired) electrons. The fraction of sp³-hybridized carbons (Fsp3) is 0.600. The van der Waals surface area contributed by atoms with E-state index >= 15 is 0 Å². The summed E-state index contributed by atoms with van der Waals surface area (Å²) < 4.78 is 9.61. The molecule has 0 aromatic heterocycles. The van der Waals surface area contributed by atoms with Crippen LogP contribution >= 0.6 is 0 Å². The van der Waals surface area contributed by atoms with Crippen molar-refractivity contribution in [1.82, 2.24) is 0 Å². The van der Waals surface area contributed by atoms with Crippen molar-refractivity contribution in [3.63, 3.8) is 0 Å². The van der Waals surface area contributed by atoms with Crippen molar-refractivity contribution in [1.29, 1.82) is 0 Å². The predicted octanol–water partition coefficient (Wildman–Crippen LogP) is 1.45. The van der Waals surface area contributed by atoms with Gasteiger partial charge in [0.25, 0.3) is 5.78 Å². The third-order valence-corrected chi connectivity index (χ3v) is 1.08. The molecule has 0 aromatic carbocycles. The van der Waals surface area contributed by atoms with Gasteiger partial charge in [0.05, 0.1) is 12.9 Å². The molecule has 4 nitrogen and oxygen atoms in total. The maximum atomic E-state index is 11.1. The zero-order valence-electron chi connectivity index (χ0n) is 8.99. The molecule has 0 heterocycles. The number of esters is 1. The van der Waals surface area contributed by atoms with E-state index in [1.807, 2.05) is 0 Å². The van der Waals surface area contributed by atoms with E-state index in [2.05, 4.69) is 0 Å². The molecule has 0 rings (SSSR count). The van der Waals surface area contributed by atoms with E-state index in [9.17, 15) is 9.59 Å². The van der Waals surface area contributed by atoms with E-state index < -0.39 is 17.4 Å². The summed E-state index contributed by atoms with van der Waals surface area (Å²) >= 11 is 0. The maximum Gasteiger partial charge on any atom is 0.379 e. The van der Waals surface area contributed by atoms with Crippen LogP contribution in [0.5, 0.6) is 0 Å². The minimum Gasteiger partial charge on any atom is -0.501 e. The molecular formula is C10H16O4. The third-order valence-electron chi connectivity index (χ3n) is 1.08. The molecule has 0 fully saturated rings. The highest BCUT2D eigenvalue weighted by Crippen LogP contribution is 2.07. The first-order valence-corrected chi connectivity index (χ1v) is 4.42. The van der Waals surface area contributed by atoms with Gasteiger partial charge in [-0.3, -0.25) is 4.79 Å². The van der Waals surface area contributed by atoms with Crippen LogP contribution in [0.25, 0.3) is 0 Å². The van der Waals surface area contributed by atoms with E-state index in [-0.39, 0.29) is 0 Å². The monoisotopic (exact) mass is 200 g/mol. The van der Waals surface area contributed by atoms with Gasteiger partial charge in [-0.05, 0) is 27.7 Å². The molecule has 4 heteroatoms. The lowest BCUT2D eigenvalue weighted by atomic mass is 10.2. The van der Waals surface area contributed by atoms with Crippen molar-refractivity contribution < 1.29 is 19.1 Å². The van der Waals surface area contributed by atoms with Gasteiger partial charge in [-0.1, -0.05) is 0 Å². The number of carbonyl (C=O) groups excluding carboxylic acids is 2. The number of rotatable bonds is 4. The summed E-state index contributed by atoms with van der Waals surface area (Å²) in [6.45, 7) is 7.33. The molecule has 0 N–H and O–H groups in total. The van der Waals surface area contributed by atoms with Crippen LogP contribution in [0, 0.1) is 0 Å². The fourth-order valence-corrected chi connectivity index (χ4v) is 0.603. The Morgan fingerprint density at radius 1 is 1.29 bits per heavy atom. The standard InChI is InChI=1S/C10H16O4/c1-5-13-7-6-8(11)9(12)14-10(2,3)4/h6-7H,5H2,1-4H3/b7-6+. The highest BCUT2D eigenvalue weighted by atomic mass is 16.6. The zero-order chi connectivity index (χ0) is 11.2. The molecule has 0 saturated heterocycles. The smallest absolute Gasteiger partial charge is 0.379 e. The van der Waals surface area contributed by atoms with Gasteiger partial charge in [0, 0.05) is 6.08 Å². The first-order chi connectivity index (χ1) is 6.37. The fourth-order valence-electron chi connectivity index (χ4n) is 0.603. The van der Waals surface area contributed by atoms with Gasteiger partial charge in [-0.15, -0.1) is 0 Å². The third kappa shape index (κ3) is 6.22. The highest BCUT2D eigenvalue weighted by molar-refractivity contribution is 6.38. The second-order valence-corrected chi connectivity index (χ2v) is 3.62. The van der Waals surface area contributed by atoms with Gasteiger partial charge in [-0.2, -0.15) is 0 Å². The predicted molar refractivity (Wildman–Crippen MR) is 51.6 cm³/mol. The Morgan fingerprint density at radius 2 is 1.86 bits per heavy atom. The van der Waals surface area contributed by atoms with Crippen LogP contribution in [0.4, 0.5) is 0 Å². The maximum absolute atomic E-state index is 11.1. The Kier molecular flexibility index (Phi) is 4.91. The van der Waals surface area contributed by atoms with Crippen LogP contribution in [0.3, 0.4) is 0 Å². The normalized spacial score (nSPS) is 11.4. The molecule has 0 aliphatic rings. The molecule has 0 saturated carbocycles. The van der Waals surface area contributed by atoms with Crippen LogP contribution < -0.4 is 0 Å². The Balaban J connectivity index is 4.08. The van der Waals surface area contributed by atoms with E-state index in [0.29, 0.717) is 6.61 Å². The second-order valence-electron chi connectivity index (χ2n) is 3.62. The first-order valence-electron chi connectivity index (χ1n) is 4.42. The van der Waals surface area contributed by atoms with Crippen molar-refractivity contribution in [2.24, 2.45) is 0 Å². The van der Waals surface area contributed by atoms with Crippen LogP contribution in [0.1, 0.15) is 27.7 Å². The van der Waals surface area contributed by atoms with Crippen LogP contribution in [0.2, 0.25) is 0 Å². The van der Waals surface area contributed by atoms with E-state index in [1.54, 1.807) is 27.7 Å². The summed E-state index contributed by atoms with van der Waals surface area (Å²) in [4.78, 5) is 22.1. The molecule has 0 atom stereocenters. The molecule has 0 amide bonds. The summed E-state index contributed by atoms with van der Waals surface area (Å²) in [5.41, 5.74) is -0.647. The van der Waals surface area contributed by atoms with Crippen molar-refractivity contribution in [3.05, 3.63) is 12.3 Å². The first kappa shape index (κ1) is 12.7. The van der Waals surface area contributed by atoms with Crippen molar-refractivity contribution in [2.75, 3.05) is 6.61 Å². The number of hydrogen-bond donors (Lipinski definition) is 0. The zero-order valence-corrected chi connectivity index (χ0v) is 8.99. The van der Waals surface area contributed by atoms with Gasteiger partial charge in [0.1, 0.15) is 5.60 Å². The number of ether oxygens (including phenoxy) is 2. The average molecular weight is 200 g/mol. The van der Waals surface area contributed by atoms with Gasteiger partial charge >= 0.3 is 5.97 Å². The number of ketones is 1. The number of carbonyl (C=O) groups is 2. The molecule has 0 aromatic rings. The van der Waals surface area contributed by atoms with Crippen LogP contribution in [0.15, 0.2) is 12.3 Å². The summed E-state index contributed by atoms with van der Waals surface area (Å²) in [5.74, 6) is -1.58.